The monoisotopic (exact) mass is 196 g/mol. The van der Waals surface area contributed by atoms with Crippen molar-refractivity contribution in [1.29, 1.82) is 0 Å². The van der Waals surface area contributed by atoms with Gasteiger partial charge in [0.15, 0.2) is 11.6 Å². The van der Waals surface area contributed by atoms with Gasteiger partial charge in [-0.2, -0.15) is 0 Å². The number of terminal acetylenes is 1. The van der Waals surface area contributed by atoms with Crippen molar-refractivity contribution in [2.75, 3.05) is 0 Å². The Balaban J connectivity index is 3.05. The summed E-state index contributed by atoms with van der Waals surface area (Å²) in [6.45, 7) is 0. The Labute approximate surface area is 81.1 Å². The van der Waals surface area contributed by atoms with Crippen LogP contribution in [0.1, 0.15) is 18.0 Å². The summed E-state index contributed by atoms with van der Waals surface area (Å²) in [6.07, 6.45) is 5.27. The lowest BCUT2D eigenvalue weighted by atomic mass is 10.0. The van der Waals surface area contributed by atoms with Crippen LogP contribution in [0.15, 0.2) is 18.2 Å². The number of nitrogens with one attached hydrogen (secondary N) is 1. The summed E-state index contributed by atoms with van der Waals surface area (Å²) in [5.74, 6) is 5.69. The number of nitrogens with two attached hydrogens (primary N) is 1. The van der Waals surface area contributed by atoms with Crippen LogP contribution in [0.3, 0.4) is 0 Å². The van der Waals surface area contributed by atoms with Crippen molar-refractivity contribution < 1.29 is 8.78 Å². The van der Waals surface area contributed by atoms with Crippen LogP contribution >= 0.6 is 0 Å². The van der Waals surface area contributed by atoms with Crippen molar-refractivity contribution in [2.45, 2.75) is 12.5 Å². The normalized spacial score (nSPS) is 12.1. The van der Waals surface area contributed by atoms with Crippen LogP contribution in [0, 0.1) is 24.0 Å². The van der Waals surface area contributed by atoms with Gasteiger partial charge in [-0.1, -0.05) is 12.1 Å². The van der Waals surface area contributed by atoms with Crippen LogP contribution in [0.25, 0.3) is 0 Å². The fraction of sp³-hybridized carbons (Fsp3) is 0.200. The van der Waals surface area contributed by atoms with Crippen molar-refractivity contribution in [1.82, 2.24) is 5.43 Å². The Kier molecular flexibility index (Phi) is 3.57. The molecule has 0 saturated carbocycles. The standard InChI is InChI=1S/C10H10F2N2/c1-2-4-9(14-13)7-5-3-6-8(11)10(7)12/h1,3,5-6,9,14H,4,13H2. The van der Waals surface area contributed by atoms with Gasteiger partial charge in [0.05, 0.1) is 6.04 Å². The largest absolute Gasteiger partial charge is 0.271 e. The molecule has 1 rings (SSSR count). The van der Waals surface area contributed by atoms with Crippen molar-refractivity contribution in [3.05, 3.63) is 35.4 Å². The molecule has 1 atom stereocenters. The Morgan fingerprint density at radius 3 is 2.79 bits per heavy atom. The smallest absolute Gasteiger partial charge is 0.163 e. The highest BCUT2D eigenvalue weighted by Crippen LogP contribution is 2.20. The van der Waals surface area contributed by atoms with E-state index >= 15 is 0 Å². The van der Waals surface area contributed by atoms with Gasteiger partial charge in [-0.15, -0.1) is 12.3 Å². The molecule has 0 aliphatic rings. The molecule has 0 saturated heterocycles. The van der Waals surface area contributed by atoms with Crippen molar-refractivity contribution in [2.24, 2.45) is 5.84 Å². The molecule has 0 radical (unpaired) electrons. The molecule has 0 heterocycles. The predicted molar refractivity (Wildman–Crippen MR) is 49.9 cm³/mol. The quantitative estimate of drug-likeness (QED) is 0.436. The van der Waals surface area contributed by atoms with E-state index in [0.717, 1.165) is 6.07 Å². The molecule has 0 fully saturated rings. The van der Waals surface area contributed by atoms with Crippen LogP contribution in [-0.4, -0.2) is 0 Å². The zero-order valence-corrected chi connectivity index (χ0v) is 7.43. The van der Waals surface area contributed by atoms with Crippen LogP contribution in [0.4, 0.5) is 8.78 Å². The van der Waals surface area contributed by atoms with Crippen molar-refractivity contribution in [3.63, 3.8) is 0 Å². The van der Waals surface area contributed by atoms with Crippen LogP contribution in [-0.2, 0) is 0 Å². The van der Waals surface area contributed by atoms with E-state index in [0.29, 0.717) is 0 Å². The van der Waals surface area contributed by atoms with Gasteiger partial charge in [0.2, 0.25) is 0 Å². The first-order chi connectivity index (χ1) is 6.70. The molecule has 0 amide bonds. The van der Waals surface area contributed by atoms with E-state index in [2.05, 4.69) is 11.3 Å². The Morgan fingerprint density at radius 1 is 1.50 bits per heavy atom. The lowest BCUT2D eigenvalue weighted by molar-refractivity contribution is 0.469. The molecule has 1 unspecified atom stereocenters. The second-order valence-corrected chi connectivity index (χ2v) is 2.77. The second kappa shape index (κ2) is 4.70. The molecule has 1 aromatic carbocycles. The van der Waals surface area contributed by atoms with Gasteiger partial charge in [-0.05, 0) is 6.07 Å². The van der Waals surface area contributed by atoms with E-state index in [1.807, 2.05) is 0 Å². The Hall–Kier alpha value is -1.44. The highest BCUT2D eigenvalue weighted by molar-refractivity contribution is 5.23. The van der Waals surface area contributed by atoms with Crippen LogP contribution in [0.2, 0.25) is 0 Å². The zero-order chi connectivity index (χ0) is 10.6. The molecule has 3 N–H and O–H groups in total. The maximum atomic E-state index is 13.2. The maximum absolute atomic E-state index is 13.2. The average Bonchev–Trinajstić information content (AvgIpc) is 2.19. The van der Waals surface area contributed by atoms with E-state index in [4.69, 9.17) is 12.3 Å². The summed E-state index contributed by atoms with van der Waals surface area (Å²) in [4.78, 5) is 0. The number of rotatable bonds is 3. The number of hydrazine groups is 1. The molecule has 74 valence electrons. The van der Waals surface area contributed by atoms with Gasteiger partial charge >= 0.3 is 0 Å². The molecule has 14 heavy (non-hydrogen) atoms. The summed E-state index contributed by atoms with van der Waals surface area (Å²) >= 11 is 0. The second-order valence-electron chi connectivity index (χ2n) is 2.77. The molecular weight excluding hydrogens is 186 g/mol. The van der Waals surface area contributed by atoms with Gasteiger partial charge in [-0.25, -0.2) is 8.78 Å². The number of benzene rings is 1. The fourth-order valence-corrected chi connectivity index (χ4v) is 1.17. The Morgan fingerprint density at radius 2 is 2.21 bits per heavy atom. The minimum atomic E-state index is -0.911. The molecule has 1 aromatic rings. The van der Waals surface area contributed by atoms with Gasteiger partial charge in [0.1, 0.15) is 0 Å². The van der Waals surface area contributed by atoms with Crippen molar-refractivity contribution in [3.8, 4) is 12.3 Å². The topological polar surface area (TPSA) is 38.0 Å². The van der Waals surface area contributed by atoms with Gasteiger partial charge in [0.25, 0.3) is 0 Å². The molecule has 0 spiro atoms. The minimum absolute atomic E-state index is 0.144. The molecule has 0 bridgehead atoms. The summed E-state index contributed by atoms with van der Waals surface area (Å²) in [6, 6.07) is 3.34. The predicted octanol–water partition coefficient (Wildman–Crippen LogP) is 1.49. The molecule has 0 aliphatic heterocycles. The van der Waals surface area contributed by atoms with E-state index in [-0.39, 0.29) is 12.0 Å². The highest BCUT2D eigenvalue weighted by atomic mass is 19.2. The maximum Gasteiger partial charge on any atom is 0.163 e. The number of hydrogen-bond donors (Lipinski definition) is 2. The van der Waals surface area contributed by atoms with E-state index in [1.54, 1.807) is 0 Å². The van der Waals surface area contributed by atoms with Gasteiger partial charge in [0, 0.05) is 12.0 Å². The van der Waals surface area contributed by atoms with Gasteiger partial charge < -0.3 is 0 Å². The third-order valence-electron chi connectivity index (χ3n) is 1.88. The Bertz CT molecular complexity index is 358. The third kappa shape index (κ3) is 2.08. The lowest BCUT2D eigenvalue weighted by Crippen LogP contribution is -2.28. The summed E-state index contributed by atoms with van der Waals surface area (Å²) in [5, 5.41) is 0. The first-order valence-electron chi connectivity index (χ1n) is 4.04. The lowest BCUT2D eigenvalue weighted by Gasteiger charge is -2.14. The van der Waals surface area contributed by atoms with E-state index in [9.17, 15) is 8.78 Å². The van der Waals surface area contributed by atoms with Crippen molar-refractivity contribution >= 4 is 0 Å². The highest BCUT2D eigenvalue weighted by Gasteiger charge is 2.15. The van der Waals surface area contributed by atoms with Gasteiger partial charge in [-0.3, -0.25) is 11.3 Å². The number of hydrogen-bond acceptors (Lipinski definition) is 2. The molecule has 0 aliphatic carbocycles. The molecule has 0 aromatic heterocycles. The fourth-order valence-electron chi connectivity index (χ4n) is 1.17. The van der Waals surface area contributed by atoms with Crippen LogP contribution in [0.5, 0.6) is 0 Å². The molecule has 2 nitrogen and oxygen atoms in total. The SMILES string of the molecule is C#CCC(NN)c1cccc(F)c1F. The number of halogens is 2. The summed E-state index contributed by atoms with van der Waals surface area (Å²) in [5.41, 5.74) is 2.48. The van der Waals surface area contributed by atoms with E-state index in [1.165, 1.54) is 12.1 Å². The summed E-state index contributed by atoms with van der Waals surface area (Å²) in [7, 11) is 0. The first kappa shape index (κ1) is 10.6. The summed E-state index contributed by atoms with van der Waals surface area (Å²) < 4.78 is 26.0. The molecular formula is C10H10F2N2. The third-order valence-corrected chi connectivity index (χ3v) is 1.88. The van der Waals surface area contributed by atoms with Crippen LogP contribution < -0.4 is 11.3 Å². The zero-order valence-electron chi connectivity index (χ0n) is 7.43. The minimum Gasteiger partial charge on any atom is -0.271 e. The van der Waals surface area contributed by atoms with E-state index < -0.39 is 17.7 Å². The first-order valence-corrected chi connectivity index (χ1v) is 4.04. The average molecular weight is 196 g/mol. The molecule has 4 heteroatoms.